The molecule has 0 aromatic heterocycles. The highest BCUT2D eigenvalue weighted by Crippen LogP contribution is 2.17. The summed E-state index contributed by atoms with van der Waals surface area (Å²) in [6.07, 6.45) is 2.77. The third-order valence-electron chi connectivity index (χ3n) is 4.19. The molecule has 0 saturated carbocycles. The van der Waals surface area contributed by atoms with E-state index in [4.69, 9.17) is 0 Å². The van der Waals surface area contributed by atoms with E-state index in [2.05, 4.69) is 5.32 Å². The molecule has 1 heterocycles. The van der Waals surface area contributed by atoms with Gasteiger partial charge in [0.2, 0.25) is 15.9 Å². The Morgan fingerprint density at radius 2 is 1.76 bits per heavy atom. The predicted molar refractivity (Wildman–Crippen MR) is 84.6 cm³/mol. The van der Waals surface area contributed by atoms with Crippen LogP contribution in [0.15, 0.2) is 0 Å². The van der Waals surface area contributed by atoms with E-state index in [-0.39, 0.29) is 18.2 Å². The molecule has 6 nitrogen and oxygen atoms in total. The number of sulfonamides is 1. The molecule has 0 aromatic carbocycles. The highest BCUT2D eigenvalue weighted by Gasteiger charge is 2.24. The molecule has 0 aromatic rings. The van der Waals surface area contributed by atoms with Crippen LogP contribution in [0.4, 0.5) is 0 Å². The summed E-state index contributed by atoms with van der Waals surface area (Å²) in [5, 5.41) is 3.28. The number of nitrogens with zero attached hydrogens (tertiary/aromatic N) is 2. The van der Waals surface area contributed by atoms with Gasteiger partial charge in [-0.15, -0.1) is 0 Å². The Bertz CT molecular complexity index is 415. The molecular formula is C14H29N3O3S. The van der Waals surface area contributed by atoms with Crippen molar-refractivity contribution in [2.75, 3.05) is 45.5 Å². The number of hydrogen-bond acceptors (Lipinski definition) is 4. The van der Waals surface area contributed by atoms with Gasteiger partial charge < -0.3 is 10.2 Å². The first-order chi connectivity index (χ1) is 9.90. The molecule has 1 amide bonds. The van der Waals surface area contributed by atoms with Gasteiger partial charge in [-0.05, 0) is 52.1 Å². The Labute approximate surface area is 128 Å². The van der Waals surface area contributed by atoms with Crippen LogP contribution in [0.2, 0.25) is 0 Å². The van der Waals surface area contributed by atoms with Gasteiger partial charge in [0.25, 0.3) is 0 Å². The zero-order chi connectivity index (χ0) is 15.9. The molecule has 0 radical (unpaired) electrons. The summed E-state index contributed by atoms with van der Waals surface area (Å²) < 4.78 is 25.7. The summed E-state index contributed by atoms with van der Waals surface area (Å²) in [5.74, 6) is 0.487. The van der Waals surface area contributed by atoms with Crippen molar-refractivity contribution in [3.63, 3.8) is 0 Å². The van der Waals surface area contributed by atoms with Crippen molar-refractivity contribution < 1.29 is 13.2 Å². The number of nitrogens with one attached hydrogen (secondary N) is 1. The Hall–Kier alpha value is -0.660. The summed E-state index contributed by atoms with van der Waals surface area (Å²) in [4.78, 5) is 13.6. The third-order valence-corrected chi connectivity index (χ3v) is 6.02. The third kappa shape index (κ3) is 5.92. The lowest BCUT2D eigenvalue weighted by atomic mass is 9.96. The zero-order valence-electron chi connectivity index (χ0n) is 13.5. The highest BCUT2D eigenvalue weighted by molar-refractivity contribution is 7.89. The van der Waals surface area contributed by atoms with E-state index >= 15 is 0 Å². The Balaban J connectivity index is 2.46. The minimum Gasteiger partial charge on any atom is -0.342 e. The summed E-state index contributed by atoms with van der Waals surface area (Å²) in [6, 6.07) is 0. The molecule has 1 aliphatic rings. The van der Waals surface area contributed by atoms with Crippen molar-refractivity contribution in [1.82, 2.24) is 14.5 Å². The van der Waals surface area contributed by atoms with Gasteiger partial charge in [-0.3, -0.25) is 4.79 Å². The molecule has 1 saturated heterocycles. The summed E-state index contributed by atoms with van der Waals surface area (Å²) in [5.41, 5.74) is 0. The van der Waals surface area contributed by atoms with Gasteiger partial charge in [-0.25, -0.2) is 8.42 Å². The zero-order valence-corrected chi connectivity index (χ0v) is 14.3. The van der Waals surface area contributed by atoms with Crippen LogP contribution in [0.3, 0.4) is 0 Å². The second kappa shape index (κ2) is 8.70. The van der Waals surface area contributed by atoms with Crippen LogP contribution in [0.1, 0.15) is 33.1 Å². The van der Waals surface area contributed by atoms with Gasteiger partial charge >= 0.3 is 0 Å². The molecule has 7 heteroatoms. The lowest BCUT2D eigenvalue weighted by molar-refractivity contribution is -0.130. The summed E-state index contributed by atoms with van der Waals surface area (Å²) >= 11 is 0. The van der Waals surface area contributed by atoms with Crippen LogP contribution in [0.25, 0.3) is 0 Å². The van der Waals surface area contributed by atoms with Gasteiger partial charge in [0.15, 0.2) is 0 Å². The molecule has 21 heavy (non-hydrogen) atoms. The smallest absolute Gasteiger partial charge is 0.237 e. The molecule has 0 spiro atoms. The van der Waals surface area contributed by atoms with E-state index in [0.29, 0.717) is 25.4 Å². The van der Waals surface area contributed by atoms with E-state index in [1.807, 2.05) is 13.8 Å². The van der Waals surface area contributed by atoms with Crippen molar-refractivity contribution in [3.05, 3.63) is 0 Å². The first-order valence-corrected chi connectivity index (χ1v) is 9.44. The molecule has 1 fully saturated rings. The number of carbonyl (C=O) groups excluding carboxylic acids is 1. The molecule has 124 valence electrons. The van der Waals surface area contributed by atoms with Gasteiger partial charge in [0.1, 0.15) is 0 Å². The van der Waals surface area contributed by atoms with Gasteiger partial charge in [-0.2, -0.15) is 4.31 Å². The van der Waals surface area contributed by atoms with E-state index in [1.54, 1.807) is 4.90 Å². The normalized spacial score (nSPS) is 17.1. The number of carbonyl (C=O) groups is 1. The van der Waals surface area contributed by atoms with Crippen molar-refractivity contribution in [2.24, 2.45) is 5.92 Å². The van der Waals surface area contributed by atoms with Crippen molar-refractivity contribution in [3.8, 4) is 0 Å². The summed E-state index contributed by atoms with van der Waals surface area (Å²) in [6.45, 7) is 6.90. The second-order valence-corrected chi connectivity index (χ2v) is 7.82. The molecule has 0 atom stereocenters. The lowest BCUT2D eigenvalue weighted by Crippen LogP contribution is -2.42. The molecule has 1 rings (SSSR count). The molecule has 1 N–H and O–H groups in total. The maximum Gasteiger partial charge on any atom is 0.237 e. The predicted octanol–water partition coefficient (Wildman–Crippen LogP) is 0.506. The van der Waals surface area contributed by atoms with Gasteiger partial charge in [-0.1, -0.05) is 0 Å². The molecule has 1 aliphatic heterocycles. The molecule has 0 unspecified atom stereocenters. The average Bonchev–Trinajstić information content (AvgIpc) is 2.47. The van der Waals surface area contributed by atoms with Gasteiger partial charge in [0.05, 0.1) is 12.3 Å². The maximum absolute atomic E-state index is 12.2. The SMILES string of the molecule is CCN(CC)C(=O)CN(C)S(=O)(=O)CCC1CCNCC1. The lowest BCUT2D eigenvalue weighted by Gasteiger charge is -2.25. The highest BCUT2D eigenvalue weighted by atomic mass is 32.2. The van der Waals surface area contributed by atoms with E-state index in [0.717, 1.165) is 25.9 Å². The fourth-order valence-corrected chi connectivity index (χ4v) is 3.86. The van der Waals surface area contributed by atoms with Crippen LogP contribution in [0.5, 0.6) is 0 Å². The minimum atomic E-state index is -3.34. The van der Waals surface area contributed by atoms with Crippen molar-refractivity contribution in [2.45, 2.75) is 33.1 Å². The quantitative estimate of drug-likeness (QED) is 0.707. The number of piperidine rings is 1. The van der Waals surface area contributed by atoms with Crippen molar-refractivity contribution in [1.29, 1.82) is 0 Å². The maximum atomic E-state index is 12.2. The molecule has 0 aliphatic carbocycles. The number of amides is 1. The first kappa shape index (κ1) is 18.4. The fourth-order valence-electron chi connectivity index (χ4n) is 2.61. The second-order valence-electron chi connectivity index (χ2n) is 5.62. The van der Waals surface area contributed by atoms with Gasteiger partial charge in [0, 0.05) is 20.1 Å². The molecular weight excluding hydrogens is 290 g/mol. The monoisotopic (exact) mass is 319 g/mol. The van der Waals surface area contributed by atoms with Crippen LogP contribution in [-0.2, 0) is 14.8 Å². The summed E-state index contributed by atoms with van der Waals surface area (Å²) in [7, 11) is -1.84. The Morgan fingerprint density at radius 3 is 2.29 bits per heavy atom. The number of hydrogen-bond donors (Lipinski definition) is 1. The number of rotatable bonds is 8. The van der Waals surface area contributed by atoms with Crippen LogP contribution >= 0.6 is 0 Å². The topological polar surface area (TPSA) is 69.7 Å². The van der Waals surface area contributed by atoms with E-state index < -0.39 is 10.0 Å². The Kier molecular flexibility index (Phi) is 7.62. The van der Waals surface area contributed by atoms with Crippen molar-refractivity contribution >= 4 is 15.9 Å². The van der Waals surface area contributed by atoms with E-state index in [1.165, 1.54) is 11.4 Å². The first-order valence-electron chi connectivity index (χ1n) is 7.83. The van der Waals surface area contributed by atoms with Crippen LogP contribution < -0.4 is 5.32 Å². The number of likely N-dealkylation sites (N-methyl/N-ethyl adjacent to an activating group) is 2. The van der Waals surface area contributed by atoms with E-state index in [9.17, 15) is 13.2 Å². The fraction of sp³-hybridized carbons (Fsp3) is 0.929. The van der Waals surface area contributed by atoms with Crippen LogP contribution in [-0.4, -0.2) is 69.1 Å². The average molecular weight is 319 g/mol. The largest absolute Gasteiger partial charge is 0.342 e. The standard InChI is InChI=1S/C14H29N3O3S/c1-4-17(5-2)14(18)12-16(3)21(19,20)11-8-13-6-9-15-10-7-13/h13,15H,4-12H2,1-3H3. The van der Waals surface area contributed by atoms with Crippen LogP contribution in [0, 0.1) is 5.92 Å². The Morgan fingerprint density at radius 1 is 1.19 bits per heavy atom. The molecule has 0 bridgehead atoms. The minimum absolute atomic E-state index is 0.0593.